The van der Waals surface area contributed by atoms with Crippen molar-refractivity contribution in [2.45, 2.75) is 117 Å². The lowest BCUT2D eigenvalue weighted by Gasteiger charge is -2.07. The molecule has 0 saturated carbocycles. The van der Waals surface area contributed by atoms with E-state index in [1.54, 1.807) is 0 Å². The molecule has 0 saturated heterocycles. The summed E-state index contributed by atoms with van der Waals surface area (Å²) in [6.45, 7) is 10.2. The van der Waals surface area contributed by atoms with E-state index >= 15 is 0 Å². The van der Waals surface area contributed by atoms with Gasteiger partial charge in [0.15, 0.2) is 0 Å². The van der Waals surface area contributed by atoms with Gasteiger partial charge >= 0.3 is 0 Å². The Balaban J connectivity index is 2.97. The zero-order valence-electron chi connectivity index (χ0n) is 20.6. The van der Waals surface area contributed by atoms with E-state index < -0.39 is 0 Å². The van der Waals surface area contributed by atoms with Crippen LogP contribution in [0.2, 0.25) is 0 Å². The summed E-state index contributed by atoms with van der Waals surface area (Å²) in [6.07, 6.45) is 21.7. The highest BCUT2D eigenvalue weighted by atomic mass is 16.6. The predicted molar refractivity (Wildman–Crippen MR) is 128 cm³/mol. The topological polar surface area (TPSA) is 36.9 Å². The van der Waals surface area contributed by atoms with E-state index in [1.807, 2.05) is 0 Å². The van der Waals surface area contributed by atoms with Gasteiger partial charge in [0, 0.05) is 13.2 Å². The van der Waals surface area contributed by atoms with Crippen LogP contribution in [-0.2, 0) is 18.9 Å². The van der Waals surface area contributed by atoms with Gasteiger partial charge in [-0.3, -0.25) is 0 Å². The minimum Gasteiger partial charge on any atom is -0.379 e. The molecule has 0 amide bonds. The molecule has 0 unspecified atom stereocenters. The molecular weight excluding hydrogens is 376 g/mol. The predicted octanol–water partition coefficient (Wildman–Crippen LogP) is 7.33. The Bertz CT molecular complexity index is 258. The monoisotopic (exact) mass is 430 g/mol. The second kappa shape index (κ2) is 28.8. The summed E-state index contributed by atoms with van der Waals surface area (Å²) in [5.41, 5.74) is 0. The Morgan fingerprint density at radius 1 is 0.267 bits per heavy atom. The molecule has 0 N–H and O–H groups in total. The van der Waals surface area contributed by atoms with Crippen molar-refractivity contribution < 1.29 is 18.9 Å². The number of hydrogen-bond acceptors (Lipinski definition) is 4. The fourth-order valence-corrected chi connectivity index (χ4v) is 3.44. The molecule has 0 aromatic heterocycles. The van der Waals surface area contributed by atoms with Crippen LogP contribution in [0.1, 0.15) is 117 Å². The van der Waals surface area contributed by atoms with Crippen LogP contribution in [0.25, 0.3) is 0 Å². The van der Waals surface area contributed by atoms with Gasteiger partial charge in [-0.2, -0.15) is 0 Å². The number of rotatable bonds is 27. The van der Waals surface area contributed by atoms with Crippen molar-refractivity contribution in [3.63, 3.8) is 0 Å². The molecule has 0 fully saturated rings. The normalized spacial score (nSPS) is 11.4. The zero-order chi connectivity index (χ0) is 21.8. The largest absolute Gasteiger partial charge is 0.379 e. The van der Waals surface area contributed by atoms with E-state index in [0.29, 0.717) is 39.6 Å². The van der Waals surface area contributed by atoms with Crippen molar-refractivity contribution in [2.75, 3.05) is 52.9 Å². The van der Waals surface area contributed by atoms with Gasteiger partial charge in [0.1, 0.15) is 0 Å². The molecule has 30 heavy (non-hydrogen) atoms. The average Bonchev–Trinajstić information content (AvgIpc) is 2.76. The first kappa shape index (κ1) is 29.8. The first-order valence-corrected chi connectivity index (χ1v) is 13.2. The maximum atomic E-state index is 5.64. The van der Waals surface area contributed by atoms with Crippen LogP contribution in [0.3, 0.4) is 0 Å². The van der Waals surface area contributed by atoms with E-state index in [4.69, 9.17) is 18.9 Å². The summed E-state index contributed by atoms with van der Waals surface area (Å²) in [7, 11) is 0. The molecule has 0 rings (SSSR count). The van der Waals surface area contributed by atoms with Crippen LogP contribution in [0.4, 0.5) is 0 Å². The molecule has 0 aliphatic heterocycles. The fraction of sp³-hybridized carbons (Fsp3) is 1.00. The Morgan fingerprint density at radius 3 is 0.867 bits per heavy atom. The molecule has 0 aromatic rings. The smallest absolute Gasteiger partial charge is 0.0701 e. The lowest BCUT2D eigenvalue weighted by atomic mass is 10.0. The molecule has 0 aliphatic carbocycles. The molecule has 4 heteroatoms. The van der Waals surface area contributed by atoms with E-state index in [-0.39, 0.29) is 0 Å². The van der Waals surface area contributed by atoms with Crippen molar-refractivity contribution in [1.29, 1.82) is 0 Å². The summed E-state index contributed by atoms with van der Waals surface area (Å²) < 4.78 is 22.1. The lowest BCUT2D eigenvalue weighted by Crippen LogP contribution is -2.12. The highest BCUT2D eigenvalue weighted by molar-refractivity contribution is 4.49. The number of hydrogen-bond donors (Lipinski definition) is 0. The van der Waals surface area contributed by atoms with E-state index in [2.05, 4.69) is 13.8 Å². The van der Waals surface area contributed by atoms with Crippen molar-refractivity contribution in [1.82, 2.24) is 0 Å². The second-order valence-corrected chi connectivity index (χ2v) is 8.40. The second-order valence-electron chi connectivity index (χ2n) is 8.40. The minimum absolute atomic E-state index is 0.636. The van der Waals surface area contributed by atoms with E-state index in [1.165, 1.54) is 96.3 Å². The minimum atomic E-state index is 0.636. The quantitative estimate of drug-likeness (QED) is 0.128. The standard InChI is InChI=1S/C26H54O4/c1-3-5-7-8-9-10-11-12-13-14-15-16-18-20-28-22-24-30-26-25-29-23-21-27-19-17-6-4-2/h3-26H2,1-2H3. The third kappa shape index (κ3) is 27.8. The first-order chi connectivity index (χ1) is 14.9. The van der Waals surface area contributed by atoms with Gasteiger partial charge in [-0.1, -0.05) is 104 Å². The maximum Gasteiger partial charge on any atom is 0.0701 e. The lowest BCUT2D eigenvalue weighted by molar-refractivity contribution is -0.00246. The van der Waals surface area contributed by atoms with Crippen LogP contribution in [0.15, 0.2) is 0 Å². The molecule has 182 valence electrons. The number of unbranched alkanes of at least 4 members (excludes halogenated alkanes) is 14. The van der Waals surface area contributed by atoms with Gasteiger partial charge in [0.05, 0.1) is 39.6 Å². The van der Waals surface area contributed by atoms with Crippen molar-refractivity contribution in [2.24, 2.45) is 0 Å². The first-order valence-electron chi connectivity index (χ1n) is 13.2. The molecule has 0 heterocycles. The van der Waals surface area contributed by atoms with Crippen molar-refractivity contribution >= 4 is 0 Å². The summed E-state index contributed by atoms with van der Waals surface area (Å²) in [4.78, 5) is 0. The highest BCUT2D eigenvalue weighted by Gasteiger charge is 1.95. The Kier molecular flexibility index (Phi) is 28.7. The molecule has 0 spiro atoms. The highest BCUT2D eigenvalue weighted by Crippen LogP contribution is 2.12. The van der Waals surface area contributed by atoms with Crippen LogP contribution >= 0.6 is 0 Å². The third-order valence-electron chi connectivity index (χ3n) is 5.40. The van der Waals surface area contributed by atoms with Crippen molar-refractivity contribution in [3.05, 3.63) is 0 Å². The van der Waals surface area contributed by atoms with E-state index in [9.17, 15) is 0 Å². The average molecular weight is 431 g/mol. The molecule has 0 aromatic carbocycles. The van der Waals surface area contributed by atoms with E-state index in [0.717, 1.165) is 19.6 Å². The SMILES string of the molecule is CCCCCCCCCCCCCCCOCCOCCOCCOCCCCC. The number of ether oxygens (including phenoxy) is 4. The summed E-state index contributed by atoms with van der Waals surface area (Å²) in [6, 6.07) is 0. The summed E-state index contributed by atoms with van der Waals surface area (Å²) >= 11 is 0. The zero-order valence-corrected chi connectivity index (χ0v) is 20.6. The maximum absolute atomic E-state index is 5.64. The van der Waals surface area contributed by atoms with Gasteiger partial charge < -0.3 is 18.9 Å². The molecular formula is C26H54O4. The van der Waals surface area contributed by atoms with Crippen LogP contribution < -0.4 is 0 Å². The van der Waals surface area contributed by atoms with Crippen LogP contribution in [0, 0.1) is 0 Å². The Hall–Kier alpha value is -0.160. The third-order valence-corrected chi connectivity index (χ3v) is 5.40. The van der Waals surface area contributed by atoms with Gasteiger partial charge in [0.25, 0.3) is 0 Å². The summed E-state index contributed by atoms with van der Waals surface area (Å²) in [5.74, 6) is 0. The molecule has 0 bridgehead atoms. The fourth-order valence-electron chi connectivity index (χ4n) is 3.44. The van der Waals surface area contributed by atoms with Gasteiger partial charge in [-0.25, -0.2) is 0 Å². The Morgan fingerprint density at radius 2 is 0.500 bits per heavy atom. The molecule has 0 radical (unpaired) electrons. The van der Waals surface area contributed by atoms with Crippen molar-refractivity contribution in [3.8, 4) is 0 Å². The van der Waals surface area contributed by atoms with Gasteiger partial charge in [0.2, 0.25) is 0 Å². The van der Waals surface area contributed by atoms with Gasteiger partial charge in [-0.05, 0) is 12.8 Å². The van der Waals surface area contributed by atoms with Crippen LogP contribution in [-0.4, -0.2) is 52.9 Å². The Labute approximate surface area is 188 Å². The molecule has 4 nitrogen and oxygen atoms in total. The molecule has 0 aliphatic rings. The summed E-state index contributed by atoms with van der Waals surface area (Å²) in [5, 5.41) is 0. The van der Waals surface area contributed by atoms with Crippen LogP contribution in [0.5, 0.6) is 0 Å². The van der Waals surface area contributed by atoms with Gasteiger partial charge in [-0.15, -0.1) is 0 Å². The molecule has 0 atom stereocenters.